The molecule has 2 rings (SSSR count). The number of hydrazine groups is 1. The quantitative estimate of drug-likeness (QED) is 0.528. The highest BCUT2D eigenvalue weighted by atomic mass is 79.9. The van der Waals surface area contributed by atoms with Crippen LogP contribution in [0, 0.1) is 13.8 Å². The van der Waals surface area contributed by atoms with Gasteiger partial charge in [-0.3, -0.25) is 4.79 Å². The Kier molecular flexibility index (Phi) is 4.97. The van der Waals surface area contributed by atoms with Crippen molar-refractivity contribution in [3.05, 3.63) is 50.0 Å². The molecule has 0 saturated carbocycles. The van der Waals surface area contributed by atoms with Crippen LogP contribution in [0.2, 0.25) is 0 Å². The van der Waals surface area contributed by atoms with Crippen LogP contribution >= 0.6 is 31.9 Å². The highest BCUT2D eigenvalue weighted by molar-refractivity contribution is 9.11. The zero-order valence-corrected chi connectivity index (χ0v) is 14.7. The van der Waals surface area contributed by atoms with Crippen LogP contribution in [0.15, 0.2) is 33.2 Å². The molecule has 0 bridgehead atoms. The van der Waals surface area contributed by atoms with Crippen LogP contribution in [0.25, 0.3) is 0 Å². The standard InChI is InChI=1S/C14H14Br2N4O/c1-7-3-10(15)13(11(16)4-7)19-14(21)9-5-8(2)18-12(6-9)20-17/h3-6H,17H2,1-2H3,(H,18,20)(H,19,21). The van der Waals surface area contributed by atoms with Crippen LogP contribution in [0.5, 0.6) is 0 Å². The summed E-state index contributed by atoms with van der Waals surface area (Å²) in [7, 11) is 0. The lowest BCUT2D eigenvalue weighted by Gasteiger charge is -2.12. The van der Waals surface area contributed by atoms with Crippen molar-refractivity contribution in [1.82, 2.24) is 4.98 Å². The van der Waals surface area contributed by atoms with Gasteiger partial charge in [-0.2, -0.15) is 0 Å². The minimum absolute atomic E-state index is 0.234. The van der Waals surface area contributed by atoms with E-state index in [9.17, 15) is 4.79 Å². The molecule has 0 spiro atoms. The van der Waals surface area contributed by atoms with Gasteiger partial charge in [0, 0.05) is 20.2 Å². The lowest BCUT2D eigenvalue weighted by molar-refractivity contribution is 0.102. The Morgan fingerprint density at radius 3 is 2.33 bits per heavy atom. The molecule has 7 heteroatoms. The van der Waals surface area contributed by atoms with E-state index in [0.29, 0.717) is 22.8 Å². The number of rotatable bonds is 3. The lowest BCUT2D eigenvalue weighted by Crippen LogP contribution is -2.15. The van der Waals surface area contributed by atoms with E-state index in [1.807, 2.05) is 19.1 Å². The molecule has 0 aliphatic rings. The molecule has 1 aromatic carbocycles. The number of nitrogens with one attached hydrogen (secondary N) is 2. The molecule has 0 unspecified atom stereocenters. The summed E-state index contributed by atoms with van der Waals surface area (Å²) in [6, 6.07) is 7.17. The molecule has 2 aromatic rings. The van der Waals surface area contributed by atoms with E-state index in [0.717, 1.165) is 14.5 Å². The fourth-order valence-corrected chi connectivity index (χ4v) is 3.49. The maximum absolute atomic E-state index is 12.4. The number of pyridine rings is 1. The highest BCUT2D eigenvalue weighted by Crippen LogP contribution is 2.32. The number of anilines is 2. The van der Waals surface area contributed by atoms with Gasteiger partial charge >= 0.3 is 0 Å². The van der Waals surface area contributed by atoms with Crippen molar-refractivity contribution in [2.45, 2.75) is 13.8 Å². The number of benzene rings is 1. The zero-order chi connectivity index (χ0) is 15.6. The van der Waals surface area contributed by atoms with Gasteiger partial charge in [-0.1, -0.05) is 0 Å². The first-order chi connectivity index (χ1) is 9.90. The maximum atomic E-state index is 12.4. The van der Waals surface area contributed by atoms with E-state index in [1.54, 1.807) is 19.1 Å². The Morgan fingerprint density at radius 1 is 1.14 bits per heavy atom. The Balaban J connectivity index is 2.32. The third-order valence-corrected chi connectivity index (χ3v) is 4.04. The smallest absolute Gasteiger partial charge is 0.255 e. The number of aromatic nitrogens is 1. The summed E-state index contributed by atoms with van der Waals surface area (Å²) in [5.41, 5.74) is 5.40. The van der Waals surface area contributed by atoms with Gasteiger partial charge in [-0.25, -0.2) is 10.8 Å². The number of nitrogens with zero attached hydrogens (tertiary/aromatic N) is 1. The first-order valence-corrected chi connectivity index (χ1v) is 7.71. The van der Waals surface area contributed by atoms with Crippen LogP contribution in [-0.2, 0) is 0 Å². The Labute approximate surface area is 139 Å². The predicted molar refractivity (Wildman–Crippen MR) is 91.3 cm³/mol. The molecular weight excluding hydrogens is 400 g/mol. The maximum Gasteiger partial charge on any atom is 0.255 e. The average molecular weight is 414 g/mol. The van der Waals surface area contributed by atoms with Gasteiger partial charge in [0.25, 0.3) is 5.91 Å². The van der Waals surface area contributed by atoms with Crippen molar-refractivity contribution in [2.24, 2.45) is 5.84 Å². The van der Waals surface area contributed by atoms with E-state index in [4.69, 9.17) is 5.84 Å². The number of carbonyl (C=O) groups excluding carboxylic acids is 1. The van der Waals surface area contributed by atoms with Crippen LogP contribution < -0.4 is 16.6 Å². The SMILES string of the molecule is Cc1cc(Br)c(NC(=O)c2cc(C)nc(NN)c2)c(Br)c1. The summed E-state index contributed by atoms with van der Waals surface area (Å²) in [6.45, 7) is 3.78. The zero-order valence-electron chi connectivity index (χ0n) is 11.5. The number of nitrogens with two attached hydrogens (primary N) is 1. The third kappa shape index (κ3) is 3.81. The summed E-state index contributed by atoms with van der Waals surface area (Å²) in [5, 5.41) is 2.87. The normalized spacial score (nSPS) is 10.3. The molecule has 0 aliphatic heterocycles. The summed E-state index contributed by atoms with van der Waals surface area (Å²) in [6.07, 6.45) is 0. The Morgan fingerprint density at radius 2 is 1.76 bits per heavy atom. The average Bonchev–Trinajstić information content (AvgIpc) is 2.41. The van der Waals surface area contributed by atoms with Crippen molar-refractivity contribution in [3.63, 3.8) is 0 Å². The summed E-state index contributed by atoms with van der Waals surface area (Å²) in [4.78, 5) is 16.5. The number of amides is 1. The van der Waals surface area contributed by atoms with Gasteiger partial charge in [-0.05, 0) is 75.5 Å². The van der Waals surface area contributed by atoms with E-state index in [2.05, 4.69) is 47.6 Å². The Bertz CT molecular complexity index is 680. The lowest BCUT2D eigenvalue weighted by atomic mass is 10.2. The van der Waals surface area contributed by atoms with Crippen molar-refractivity contribution < 1.29 is 4.79 Å². The second kappa shape index (κ2) is 6.55. The summed E-state index contributed by atoms with van der Waals surface area (Å²) in [5.74, 6) is 5.56. The topological polar surface area (TPSA) is 80.0 Å². The number of carbonyl (C=O) groups is 1. The van der Waals surface area contributed by atoms with E-state index < -0.39 is 0 Å². The van der Waals surface area contributed by atoms with Gasteiger partial charge in [0.2, 0.25) is 0 Å². The minimum atomic E-state index is -0.234. The minimum Gasteiger partial charge on any atom is -0.320 e. The molecule has 0 saturated heterocycles. The number of hydrogen-bond donors (Lipinski definition) is 3. The number of nitrogen functional groups attached to an aromatic ring is 1. The molecule has 110 valence electrons. The van der Waals surface area contributed by atoms with E-state index in [1.165, 1.54) is 0 Å². The molecule has 0 atom stereocenters. The molecule has 1 amide bonds. The summed E-state index contributed by atoms with van der Waals surface area (Å²) < 4.78 is 1.62. The van der Waals surface area contributed by atoms with Crippen molar-refractivity contribution in [2.75, 3.05) is 10.7 Å². The van der Waals surface area contributed by atoms with Crippen molar-refractivity contribution in [1.29, 1.82) is 0 Å². The second-order valence-electron chi connectivity index (χ2n) is 4.58. The van der Waals surface area contributed by atoms with Crippen LogP contribution in [0.4, 0.5) is 11.5 Å². The molecule has 0 radical (unpaired) electrons. The predicted octanol–water partition coefficient (Wildman–Crippen LogP) is 3.76. The van der Waals surface area contributed by atoms with E-state index >= 15 is 0 Å². The fourth-order valence-electron chi connectivity index (χ4n) is 1.88. The first-order valence-electron chi connectivity index (χ1n) is 6.13. The van der Waals surface area contributed by atoms with Gasteiger partial charge < -0.3 is 10.7 Å². The van der Waals surface area contributed by atoms with Crippen molar-refractivity contribution >= 4 is 49.3 Å². The van der Waals surface area contributed by atoms with Gasteiger partial charge in [-0.15, -0.1) is 0 Å². The monoisotopic (exact) mass is 412 g/mol. The number of hydrogen-bond acceptors (Lipinski definition) is 4. The van der Waals surface area contributed by atoms with Crippen LogP contribution in [0.1, 0.15) is 21.6 Å². The molecule has 1 heterocycles. The molecule has 1 aromatic heterocycles. The first kappa shape index (κ1) is 15.9. The molecule has 0 aliphatic carbocycles. The number of aryl methyl sites for hydroxylation is 2. The third-order valence-electron chi connectivity index (χ3n) is 2.79. The molecule has 0 fully saturated rings. The number of halogens is 2. The molecule has 5 nitrogen and oxygen atoms in total. The highest BCUT2D eigenvalue weighted by Gasteiger charge is 2.13. The van der Waals surface area contributed by atoms with Crippen LogP contribution in [-0.4, -0.2) is 10.9 Å². The van der Waals surface area contributed by atoms with E-state index in [-0.39, 0.29) is 5.91 Å². The molecule has 21 heavy (non-hydrogen) atoms. The van der Waals surface area contributed by atoms with Gasteiger partial charge in [0.05, 0.1) is 5.69 Å². The molecular formula is C14H14Br2N4O. The van der Waals surface area contributed by atoms with Gasteiger partial charge in [0.15, 0.2) is 0 Å². The molecule has 4 N–H and O–H groups in total. The van der Waals surface area contributed by atoms with Crippen LogP contribution in [0.3, 0.4) is 0 Å². The fraction of sp³-hybridized carbons (Fsp3) is 0.143. The summed E-state index contributed by atoms with van der Waals surface area (Å²) >= 11 is 6.90. The largest absolute Gasteiger partial charge is 0.320 e. The second-order valence-corrected chi connectivity index (χ2v) is 6.29. The van der Waals surface area contributed by atoms with Gasteiger partial charge in [0.1, 0.15) is 5.82 Å². The van der Waals surface area contributed by atoms with Crippen molar-refractivity contribution in [3.8, 4) is 0 Å². The Hall–Kier alpha value is -1.44.